The minimum Gasteiger partial charge on any atom is -0.459 e. The van der Waals surface area contributed by atoms with Crippen LogP contribution in [0.1, 0.15) is 35.5 Å². The van der Waals surface area contributed by atoms with Crippen LogP contribution in [0.4, 0.5) is 10.1 Å². The van der Waals surface area contributed by atoms with Crippen molar-refractivity contribution >= 4 is 40.5 Å². The minimum atomic E-state index is -0.360. The van der Waals surface area contributed by atoms with E-state index in [4.69, 9.17) is 28.2 Å². The SMILES string of the molecule is Cc1c(Cl)cccc1-c1ccc([C@H]2[C@@H](c3ccccn3)NC(=S)N2CCC(=O)Nc2ccc(F)cc2)o1. The average molecular weight is 535 g/mol. The van der Waals surface area contributed by atoms with E-state index < -0.39 is 0 Å². The van der Waals surface area contributed by atoms with Crippen molar-refractivity contribution in [2.75, 3.05) is 11.9 Å². The molecule has 2 atom stereocenters. The van der Waals surface area contributed by atoms with Crippen LogP contribution in [0.3, 0.4) is 0 Å². The molecule has 2 aromatic heterocycles. The summed E-state index contributed by atoms with van der Waals surface area (Å²) in [5.41, 5.74) is 3.18. The molecule has 9 heteroatoms. The molecule has 1 fully saturated rings. The fourth-order valence-electron chi connectivity index (χ4n) is 4.46. The highest BCUT2D eigenvalue weighted by atomic mass is 35.5. The lowest BCUT2D eigenvalue weighted by molar-refractivity contribution is -0.116. The predicted octanol–water partition coefficient (Wildman–Crippen LogP) is 6.44. The van der Waals surface area contributed by atoms with Crippen molar-refractivity contribution in [1.29, 1.82) is 0 Å². The molecule has 3 heterocycles. The number of rotatable bonds is 7. The molecular weight excluding hydrogens is 511 g/mol. The Hall–Kier alpha value is -3.75. The van der Waals surface area contributed by atoms with E-state index >= 15 is 0 Å². The van der Waals surface area contributed by atoms with E-state index in [-0.39, 0.29) is 30.2 Å². The molecular formula is C28H24ClFN4O2S. The van der Waals surface area contributed by atoms with Crippen molar-refractivity contribution in [1.82, 2.24) is 15.2 Å². The lowest BCUT2D eigenvalue weighted by Crippen LogP contribution is -2.32. The molecule has 0 saturated carbocycles. The second kappa shape index (κ2) is 10.7. The van der Waals surface area contributed by atoms with Crippen LogP contribution < -0.4 is 10.6 Å². The Kier molecular flexibility index (Phi) is 7.21. The number of furan rings is 1. The van der Waals surface area contributed by atoms with Crippen LogP contribution in [0.15, 0.2) is 83.4 Å². The van der Waals surface area contributed by atoms with Crippen LogP contribution in [-0.4, -0.2) is 27.4 Å². The van der Waals surface area contributed by atoms with E-state index in [2.05, 4.69) is 15.6 Å². The van der Waals surface area contributed by atoms with E-state index in [1.807, 2.05) is 60.4 Å². The van der Waals surface area contributed by atoms with E-state index in [0.717, 1.165) is 16.8 Å². The Morgan fingerprint density at radius 1 is 1.14 bits per heavy atom. The number of nitrogens with one attached hydrogen (secondary N) is 2. The molecule has 2 aromatic carbocycles. The fraction of sp³-hybridized carbons (Fsp3) is 0.179. The second-order valence-electron chi connectivity index (χ2n) is 8.74. The summed E-state index contributed by atoms with van der Waals surface area (Å²) in [6.07, 6.45) is 1.91. The van der Waals surface area contributed by atoms with E-state index in [0.29, 0.717) is 33.9 Å². The molecule has 0 radical (unpaired) electrons. The highest BCUT2D eigenvalue weighted by Gasteiger charge is 2.41. The second-order valence-corrected chi connectivity index (χ2v) is 9.53. The average Bonchev–Trinajstić information content (AvgIpc) is 3.51. The zero-order valence-corrected chi connectivity index (χ0v) is 21.5. The van der Waals surface area contributed by atoms with Gasteiger partial charge in [-0.25, -0.2) is 4.39 Å². The predicted molar refractivity (Wildman–Crippen MR) is 146 cm³/mol. The third-order valence-electron chi connectivity index (χ3n) is 6.36. The van der Waals surface area contributed by atoms with Gasteiger partial charge in [0.2, 0.25) is 5.91 Å². The van der Waals surface area contributed by atoms with E-state index in [1.54, 1.807) is 6.20 Å². The van der Waals surface area contributed by atoms with Gasteiger partial charge in [0.25, 0.3) is 0 Å². The summed E-state index contributed by atoms with van der Waals surface area (Å²) < 4.78 is 19.6. The Morgan fingerprint density at radius 3 is 2.70 bits per heavy atom. The highest BCUT2D eigenvalue weighted by molar-refractivity contribution is 7.80. The molecule has 188 valence electrons. The first kappa shape index (κ1) is 24.9. The Balaban J connectivity index is 1.41. The van der Waals surface area contributed by atoms with Gasteiger partial charge in [0.05, 0.1) is 11.7 Å². The number of benzene rings is 2. The zero-order valence-electron chi connectivity index (χ0n) is 19.9. The highest BCUT2D eigenvalue weighted by Crippen LogP contribution is 2.41. The van der Waals surface area contributed by atoms with Gasteiger partial charge in [-0.05, 0) is 79.3 Å². The van der Waals surface area contributed by atoms with Crippen molar-refractivity contribution in [2.45, 2.75) is 25.4 Å². The third-order valence-corrected chi connectivity index (χ3v) is 7.12. The van der Waals surface area contributed by atoms with E-state index in [9.17, 15) is 9.18 Å². The summed E-state index contributed by atoms with van der Waals surface area (Å²) in [6.45, 7) is 2.30. The molecule has 1 aliphatic rings. The van der Waals surface area contributed by atoms with Crippen LogP contribution >= 0.6 is 23.8 Å². The molecule has 1 aliphatic heterocycles. The zero-order chi connectivity index (χ0) is 25.9. The maximum Gasteiger partial charge on any atom is 0.226 e. The summed E-state index contributed by atoms with van der Waals surface area (Å²) in [5.74, 6) is 0.822. The first-order chi connectivity index (χ1) is 17.9. The monoisotopic (exact) mass is 534 g/mol. The van der Waals surface area contributed by atoms with Crippen LogP contribution in [0.25, 0.3) is 11.3 Å². The van der Waals surface area contributed by atoms with Gasteiger partial charge < -0.3 is 20.0 Å². The van der Waals surface area contributed by atoms with Gasteiger partial charge >= 0.3 is 0 Å². The molecule has 1 saturated heterocycles. The van der Waals surface area contributed by atoms with Crippen LogP contribution in [0.5, 0.6) is 0 Å². The smallest absolute Gasteiger partial charge is 0.226 e. The summed E-state index contributed by atoms with van der Waals surface area (Å²) in [4.78, 5) is 19.2. The number of nitrogens with zero attached hydrogens (tertiary/aromatic N) is 2. The lowest BCUT2D eigenvalue weighted by Gasteiger charge is -2.25. The van der Waals surface area contributed by atoms with E-state index in [1.165, 1.54) is 24.3 Å². The van der Waals surface area contributed by atoms with Crippen LogP contribution in [-0.2, 0) is 4.79 Å². The number of aromatic nitrogens is 1. The molecule has 37 heavy (non-hydrogen) atoms. The number of thiocarbonyl (C=S) groups is 1. The molecule has 0 unspecified atom stereocenters. The molecule has 0 bridgehead atoms. The van der Waals surface area contributed by atoms with Crippen LogP contribution in [0.2, 0.25) is 5.02 Å². The number of amides is 1. The number of anilines is 1. The number of carbonyl (C=O) groups is 1. The maximum absolute atomic E-state index is 13.2. The number of carbonyl (C=O) groups excluding carboxylic acids is 1. The standard InChI is InChI=1S/C28H24ClFN4O2S/c1-17-20(5-4-6-21(17)29)23-12-13-24(36-23)27-26(22-7-2-3-15-31-22)33-28(37)34(27)16-14-25(35)32-19-10-8-18(30)9-11-19/h2-13,15,26-27H,14,16H2,1H3,(H,32,35)(H,33,37)/t26-,27+/m1/s1. The number of hydrogen-bond acceptors (Lipinski definition) is 4. The minimum absolute atomic E-state index is 0.172. The van der Waals surface area contributed by atoms with Gasteiger partial charge in [0.1, 0.15) is 23.4 Å². The number of hydrogen-bond donors (Lipinski definition) is 2. The van der Waals surface area contributed by atoms with Gasteiger partial charge in [-0.15, -0.1) is 0 Å². The summed E-state index contributed by atoms with van der Waals surface area (Å²) in [7, 11) is 0. The molecule has 0 spiro atoms. The number of pyridine rings is 1. The largest absolute Gasteiger partial charge is 0.459 e. The molecule has 5 rings (SSSR count). The topological polar surface area (TPSA) is 70.4 Å². The molecule has 1 amide bonds. The van der Waals surface area contributed by atoms with Gasteiger partial charge in [-0.3, -0.25) is 9.78 Å². The van der Waals surface area contributed by atoms with Gasteiger partial charge in [-0.2, -0.15) is 0 Å². The first-order valence-electron chi connectivity index (χ1n) is 11.8. The molecule has 0 aliphatic carbocycles. The quantitative estimate of drug-likeness (QED) is 0.266. The Labute approximate surface area is 224 Å². The van der Waals surface area contributed by atoms with Crippen molar-refractivity contribution in [2.24, 2.45) is 0 Å². The molecule has 6 nitrogen and oxygen atoms in total. The summed E-state index contributed by atoms with van der Waals surface area (Å²) in [6, 6.07) is 20.3. The lowest BCUT2D eigenvalue weighted by atomic mass is 10.0. The molecule has 4 aromatic rings. The normalized spacial score (nSPS) is 17.1. The van der Waals surface area contributed by atoms with Gasteiger partial charge in [0.15, 0.2) is 5.11 Å². The van der Waals surface area contributed by atoms with Crippen molar-refractivity contribution in [3.63, 3.8) is 0 Å². The fourth-order valence-corrected chi connectivity index (χ4v) is 4.97. The van der Waals surface area contributed by atoms with Gasteiger partial charge in [0, 0.05) is 35.4 Å². The summed E-state index contributed by atoms with van der Waals surface area (Å²) >= 11 is 12.0. The first-order valence-corrected chi connectivity index (χ1v) is 12.6. The molecule has 2 N–H and O–H groups in total. The summed E-state index contributed by atoms with van der Waals surface area (Å²) in [5, 5.41) is 7.33. The van der Waals surface area contributed by atoms with Crippen molar-refractivity contribution < 1.29 is 13.6 Å². The van der Waals surface area contributed by atoms with Crippen LogP contribution in [0, 0.1) is 12.7 Å². The maximum atomic E-state index is 13.2. The Morgan fingerprint density at radius 2 is 1.95 bits per heavy atom. The number of halogens is 2. The third kappa shape index (κ3) is 5.35. The van der Waals surface area contributed by atoms with Gasteiger partial charge in [-0.1, -0.05) is 29.8 Å². The van der Waals surface area contributed by atoms with Crippen molar-refractivity contribution in [3.05, 3.63) is 107 Å². The van der Waals surface area contributed by atoms with Crippen molar-refractivity contribution in [3.8, 4) is 11.3 Å². The Bertz CT molecular complexity index is 1430.